The summed E-state index contributed by atoms with van der Waals surface area (Å²) in [5.74, 6) is 0. The summed E-state index contributed by atoms with van der Waals surface area (Å²) >= 11 is 4.18. The molecular weight excluding hydrogens is 208 g/mol. The summed E-state index contributed by atoms with van der Waals surface area (Å²) < 4.78 is 0.264. The molecule has 0 bridgehead atoms. The van der Waals surface area contributed by atoms with Crippen molar-refractivity contribution in [2.45, 2.75) is 35.4 Å². The molecule has 1 saturated heterocycles. The molecule has 2 rings (SSSR count). The van der Waals surface area contributed by atoms with Gasteiger partial charge in [-0.2, -0.15) is 0 Å². The Morgan fingerprint density at radius 1 is 1.00 bits per heavy atom. The SMILES string of the molecule is CC1SC(C)(c2ccccc2)SC1C. The minimum Gasteiger partial charge on any atom is -0.135 e. The summed E-state index contributed by atoms with van der Waals surface area (Å²) in [6.45, 7) is 7.00. The van der Waals surface area contributed by atoms with Gasteiger partial charge in [0.05, 0.1) is 4.08 Å². The Labute approximate surface area is 94.9 Å². The molecule has 1 fully saturated rings. The van der Waals surface area contributed by atoms with Gasteiger partial charge < -0.3 is 0 Å². The van der Waals surface area contributed by atoms with E-state index in [0.29, 0.717) is 0 Å². The summed E-state index contributed by atoms with van der Waals surface area (Å²) in [6, 6.07) is 10.8. The first-order chi connectivity index (χ1) is 6.62. The summed E-state index contributed by atoms with van der Waals surface area (Å²) in [5, 5.41) is 1.51. The third-order valence-corrected chi connectivity index (χ3v) is 6.46. The van der Waals surface area contributed by atoms with Gasteiger partial charge in [0.25, 0.3) is 0 Å². The van der Waals surface area contributed by atoms with Gasteiger partial charge in [-0.15, -0.1) is 23.5 Å². The quantitative estimate of drug-likeness (QED) is 0.704. The molecule has 0 saturated carbocycles. The van der Waals surface area contributed by atoms with Gasteiger partial charge >= 0.3 is 0 Å². The van der Waals surface area contributed by atoms with Crippen LogP contribution >= 0.6 is 23.5 Å². The highest BCUT2D eigenvalue weighted by atomic mass is 32.2. The minimum atomic E-state index is 0.264. The van der Waals surface area contributed by atoms with E-state index in [9.17, 15) is 0 Å². The van der Waals surface area contributed by atoms with Crippen molar-refractivity contribution in [2.75, 3.05) is 0 Å². The Kier molecular flexibility index (Phi) is 2.85. The molecule has 1 heterocycles. The first-order valence-electron chi connectivity index (χ1n) is 5.03. The highest BCUT2D eigenvalue weighted by Gasteiger charge is 2.40. The van der Waals surface area contributed by atoms with Crippen molar-refractivity contribution in [3.8, 4) is 0 Å². The number of thioether (sulfide) groups is 2. The van der Waals surface area contributed by atoms with Gasteiger partial charge in [-0.3, -0.25) is 0 Å². The molecule has 0 N–H and O–H groups in total. The largest absolute Gasteiger partial charge is 0.135 e. The van der Waals surface area contributed by atoms with Gasteiger partial charge in [0, 0.05) is 10.5 Å². The fourth-order valence-electron chi connectivity index (χ4n) is 1.81. The Morgan fingerprint density at radius 2 is 1.50 bits per heavy atom. The first kappa shape index (κ1) is 10.4. The smallest absolute Gasteiger partial charge is 0.0838 e. The van der Waals surface area contributed by atoms with E-state index >= 15 is 0 Å². The van der Waals surface area contributed by atoms with Gasteiger partial charge in [0.15, 0.2) is 0 Å². The van der Waals surface area contributed by atoms with Gasteiger partial charge in [-0.1, -0.05) is 44.2 Å². The number of rotatable bonds is 1. The lowest BCUT2D eigenvalue weighted by atomic mass is 10.2. The topological polar surface area (TPSA) is 0 Å². The maximum atomic E-state index is 2.34. The molecule has 0 amide bonds. The molecule has 2 atom stereocenters. The third kappa shape index (κ3) is 1.82. The van der Waals surface area contributed by atoms with E-state index in [2.05, 4.69) is 74.6 Å². The maximum Gasteiger partial charge on any atom is 0.0838 e. The highest BCUT2D eigenvalue weighted by molar-refractivity contribution is 8.21. The van der Waals surface area contributed by atoms with Crippen LogP contribution in [0.3, 0.4) is 0 Å². The molecule has 1 aromatic rings. The molecule has 0 nitrogen and oxygen atoms in total. The van der Waals surface area contributed by atoms with Crippen molar-refractivity contribution in [1.29, 1.82) is 0 Å². The fraction of sp³-hybridized carbons (Fsp3) is 0.500. The average Bonchev–Trinajstić information content (AvgIpc) is 2.44. The second-order valence-corrected chi connectivity index (χ2v) is 7.81. The van der Waals surface area contributed by atoms with Crippen LogP contribution < -0.4 is 0 Å². The van der Waals surface area contributed by atoms with Crippen molar-refractivity contribution in [2.24, 2.45) is 0 Å². The number of benzene rings is 1. The molecular formula is C12H16S2. The lowest BCUT2D eigenvalue weighted by molar-refractivity contribution is 0.941. The third-order valence-electron chi connectivity index (χ3n) is 2.78. The van der Waals surface area contributed by atoms with E-state index in [-0.39, 0.29) is 4.08 Å². The minimum absolute atomic E-state index is 0.264. The second kappa shape index (κ2) is 3.82. The van der Waals surface area contributed by atoms with E-state index in [1.807, 2.05) is 0 Å². The van der Waals surface area contributed by atoms with Crippen molar-refractivity contribution in [1.82, 2.24) is 0 Å². The molecule has 0 aliphatic carbocycles. The molecule has 0 spiro atoms. The number of hydrogen-bond donors (Lipinski definition) is 0. The molecule has 1 aliphatic rings. The van der Waals surface area contributed by atoms with Gasteiger partial charge in [-0.25, -0.2) is 0 Å². The van der Waals surface area contributed by atoms with Crippen LogP contribution in [-0.2, 0) is 4.08 Å². The van der Waals surface area contributed by atoms with Crippen LogP contribution in [0.1, 0.15) is 26.3 Å². The lowest BCUT2D eigenvalue weighted by Gasteiger charge is -2.22. The Hall–Kier alpha value is -0.0800. The van der Waals surface area contributed by atoms with Crippen molar-refractivity contribution < 1.29 is 0 Å². The normalized spacial score (nSPS) is 37.4. The second-order valence-electron chi connectivity index (χ2n) is 3.96. The fourth-order valence-corrected chi connectivity index (χ4v) is 5.62. The van der Waals surface area contributed by atoms with Gasteiger partial charge in [-0.05, 0) is 12.5 Å². The molecule has 1 aliphatic heterocycles. The average molecular weight is 224 g/mol. The predicted octanol–water partition coefficient (Wildman–Crippen LogP) is 4.12. The first-order valence-corrected chi connectivity index (χ1v) is 6.79. The molecule has 0 radical (unpaired) electrons. The van der Waals surface area contributed by atoms with Gasteiger partial charge in [0.2, 0.25) is 0 Å². The van der Waals surface area contributed by atoms with Gasteiger partial charge in [0.1, 0.15) is 0 Å². The molecule has 0 aromatic heterocycles. The summed E-state index contributed by atoms with van der Waals surface area (Å²) in [5.41, 5.74) is 1.45. The molecule has 1 aromatic carbocycles. The van der Waals surface area contributed by atoms with Crippen LogP contribution in [0.2, 0.25) is 0 Å². The summed E-state index contributed by atoms with van der Waals surface area (Å²) in [6.07, 6.45) is 0. The highest BCUT2D eigenvalue weighted by Crippen LogP contribution is 2.57. The van der Waals surface area contributed by atoms with Crippen LogP contribution in [0, 0.1) is 0 Å². The van der Waals surface area contributed by atoms with Crippen LogP contribution in [0.25, 0.3) is 0 Å². The van der Waals surface area contributed by atoms with Crippen LogP contribution in [0.4, 0.5) is 0 Å². The van der Waals surface area contributed by atoms with E-state index < -0.39 is 0 Å². The zero-order chi connectivity index (χ0) is 10.2. The van der Waals surface area contributed by atoms with E-state index in [0.717, 1.165) is 10.5 Å². The predicted molar refractivity (Wildman–Crippen MR) is 67.9 cm³/mol. The monoisotopic (exact) mass is 224 g/mol. The van der Waals surface area contributed by atoms with Crippen molar-refractivity contribution >= 4 is 23.5 Å². The zero-order valence-electron chi connectivity index (χ0n) is 8.86. The maximum absolute atomic E-state index is 2.34. The zero-order valence-corrected chi connectivity index (χ0v) is 10.5. The van der Waals surface area contributed by atoms with Crippen LogP contribution in [-0.4, -0.2) is 10.5 Å². The van der Waals surface area contributed by atoms with Crippen molar-refractivity contribution in [3.05, 3.63) is 35.9 Å². The standard InChI is InChI=1S/C12H16S2/c1-9-10(2)14-12(3,13-9)11-7-5-4-6-8-11/h4-10H,1-3H3. The molecule has 14 heavy (non-hydrogen) atoms. The van der Waals surface area contributed by atoms with Crippen molar-refractivity contribution in [3.63, 3.8) is 0 Å². The summed E-state index contributed by atoms with van der Waals surface area (Å²) in [7, 11) is 0. The molecule has 2 unspecified atom stereocenters. The van der Waals surface area contributed by atoms with E-state index in [4.69, 9.17) is 0 Å². The molecule has 76 valence electrons. The van der Waals surface area contributed by atoms with Crippen LogP contribution in [0.5, 0.6) is 0 Å². The number of hydrogen-bond acceptors (Lipinski definition) is 2. The van der Waals surface area contributed by atoms with Crippen LogP contribution in [0.15, 0.2) is 30.3 Å². The Bertz CT molecular complexity index is 297. The molecule has 2 heteroatoms. The van der Waals surface area contributed by atoms with E-state index in [1.165, 1.54) is 5.56 Å². The lowest BCUT2D eigenvalue weighted by Crippen LogP contribution is -2.08. The Morgan fingerprint density at radius 3 is 2.00 bits per heavy atom. The Balaban J connectivity index is 2.27. The van der Waals surface area contributed by atoms with E-state index in [1.54, 1.807) is 0 Å². The summed E-state index contributed by atoms with van der Waals surface area (Å²) in [4.78, 5) is 0.